The van der Waals surface area contributed by atoms with E-state index in [1.165, 1.54) is 18.4 Å². The summed E-state index contributed by atoms with van der Waals surface area (Å²) in [6.45, 7) is 8.78. The quantitative estimate of drug-likeness (QED) is 0.591. The number of carbonyl (C=O) groups is 1. The highest BCUT2D eigenvalue weighted by molar-refractivity contribution is 5.71. The van der Waals surface area contributed by atoms with Gasteiger partial charge in [0.1, 0.15) is 11.4 Å². The number of ether oxygens (including phenoxy) is 2. The van der Waals surface area contributed by atoms with Crippen LogP contribution in [-0.2, 0) is 9.53 Å². The largest absolute Gasteiger partial charge is 0.482 e. The van der Waals surface area contributed by atoms with E-state index in [1.54, 1.807) is 0 Å². The molecular formula is C21H32O3. The molecule has 0 amide bonds. The van der Waals surface area contributed by atoms with E-state index in [9.17, 15) is 4.79 Å². The number of rotatable bonds is 8. The third kappa shape index (κ3) is 5.54. The van der Waals surface area contributed by atoms with Gasteiger partial charge >= 0.3 is 5.97 Å². The molecule has 3 heteroatoms. The normalized spacial score (nSPS) is 18.8. The van der Waals surface area contributed by atoms with Gasteiger partial charge in [0.2, 0.25) is 0 Å². The van der Waals surface area contributed by atoms with Crippen LogP contribution < -0.4 is 4.74 Å². The predicted molar refractivity (Wildman–Crippen MR) is 97.4 cm³/mol. The lowest BCUT2D eigenvalue weighted by Gasteiger charge is -2.24. The number of carbonyl (C=O) groups excluding carboxylic acids is 1. The Morgan fingerprint density at radius 2 is 1.96 bits per heavy atom. The van der Waals surface area contributed by atoms with Crippen LogP contribution in [0.25, 0.3) is 0 Å². The van der Waals surface area contributed by atoms with Gasteiger partial charge < -0.3 is 9.47 Å². The second-order valence-electron chi connectivity index (χ2n) is 7.64. The van der Waals surface area contributed by atoms with E-state index in [2.05, 4.69) is 32.9 Å². The molecule has 0 saturated heterocycles. The molecule has 1 aromatic rings. The van der Waals surface area contributed by atoms with Crippen LogP contribution in [0.15, 0.2) is 24.3 Å². The van der Waals surface area contributed by atoms with Crippen molar-refractivity contribution in [1.82, 2.24) is 0 Å². The Bertz CT molecular complexity index is 532. The van der Waals surface area contributed by atoms with Crippen LogP contribution >= 0.6 is 0 Å². The molecular weight excluding hydrogens is 300 g/mol. The van der Waals surface area contributed by atoms with Gasteiger partial charge in [-0.2, -0.15) is 0 Å². The van der Waals surface area contributed by atoms with Crippen LogP contribution in [0.4, 0.5) is 0 Å². The SMILES string of the molecule is CCC(C)CC(C)c1cccc(OCC(=O)OC2(C)CCCC2)c1. The highest BCUT2D eigenvalue weighted by atomic mass is 16.6. The van der Waals surface area contributed by atoms with Crippen LogP contribution in [0.1, 0.15) is 77.7 Å². The Hall–Kier alpha value is -1.51. The zero-order valence-electron chi connectivity index (χ0n) is 15.6. The Labute approximate surface area is 146 Å². The highest BCUT2D eigenvalue weighted by Gasteiger charge is 2.32. The summed E-state index contributed by atoms with van der Waals surface area (Å²) < 4.78 is 11.3. The van der Waals surface area contributed by atoms with Crippen LogP contribution in [0.3, 0.4) is 0 Å². The third-order valence-corrected chi connectivity index (χ3v) is 5.26. The van der Waals surface area contributed by atoms with Crippen molar-refractivity contribution in [3.8, 4) is 5.75 Å². The van der Waals surface area contributed by atoms with Crippen molar-refractivity contribution in [3.63, 3.8) is 0 Å². The predicted octanol–water partition coefficient (Wildman–Crippen LogP) is 5.48. The van der Waals surface area contributed by atoms with Gasteiger partial charge in [-0.05, 0) is 68.6 Å². The zero-order chi connectivity index (χ0) is 17.6. The molecule has 1 saturated carbocycles. The molecule has 0 aliphatic heterocycles. The maximum absolute atomic E-state index is 12.0. The molecule has 1 fully saturated rings. The first-order valence-corrected chi connectivity index (χ1v) is 9.36. The topological polar surface area (TPSA) is 35.5 Å². The summed E-state index contributed by atoms with van der Waals surface area (Å²) in [6, 6.07) is 8.10. The number of benzene rings is 1. The highest BCUT2D eigenvalue weighted by Crippen LogP contribution is 2.32. The van der Waals surface area contributed by atoms with Crippen molar-refractivity contribution in [2.24, 2.45) is 5.92 Å². The van der Waals surface area contributed by atoms with Crippen LogP contribution in [0.5, 0.6) is 5.75 Å². The lowest BCUT2D eigenvalue weighted by molar-refractivity contribution is -0.159. The summed E-state index contributed by atoms with van der Waals surface area (Å²) in [7, 11) is 0. The Balaban J connectivity index is 1.86. The maximum atomic E-state index is 12.0. The number of hydrogen-bond acceptors (Lipinski definition) is 3. The number of hydrogen-bond donors (Lipinski definition) is 0. The minimum absolute atomic E-state index is 0.0151. The molecule has 0 radical (unpaired) electrons. The molecule has 1 aromatic carbocycles. The minimum Gasteiger partial charge on any atom is -0.482 e. The fourth-order valence-electron chi connectivity index (χ4n) is 3.49. The molecule has 1 aliphatic rings. The smallest absolute Gasteiger partial charge is 0.344 e. The van der Waals surface area contributed by atoms with E-state index in [1.807, 2.05) is 19.1 Å². The van der Waals surface area contributed by atoms with Gasteiger partial charge in [0.25, 0.3) is 0 Å². The van der Waals surface area contributed by atoms with Crippen molar-refractivity contribution < 1.29 is 14.3 Å². The van der Waals surface area contributed by atoms with Crippen LogP contribution in [-0.4, -0.2) is 18.2 Å². The average molecular weight is 332 g/mol. The standard InChI is InChI=1S/C21H32O3/c1-5-16(2)13-17(3)18-9-8-10-19(14-18)23-15-20(22)24-21(4)11-6-7-12-21/h8-10,14,16-17H,5-7,11-13,15H2,1-4H3. The van der Waals surface area contributed by atoms with Crippen molar-refractivity contribution in [3.05, 3.63) is 29.8 Å². The van der Waals surface area contributed by atoms with E-state index < -0.39 is 0 Å². The summed E-state index contributed by atoms with van der Waals surface area (Å²) in [6.07, 6.45) is 6.57. The average Bonchev–Trinajstić information content (AvgIpc) is 2.99. The van der Waals surface area contributed by atoms with Crippen molar-refractivity contribution >= 4 is 5.97 Å². The van der Waals surface area contributed by atoms with Gasteiger partial charge in [-0.3, -0.25) is 0 Å². The second kappa shape index (κ2) is 8.55. The molecule has 2 rings (SSSR count). The van der Waals surface area contributed by atoms with Crippen molar-refractivity contribution in [2.75, 3.05) is 6.61 Å². The molecule has 0 N–H and O–H groups in total. The molecule has 24 heavy (non-hydrogen) atoms. The van der Waals surface area contributed by atoms with Crippen LogP contribution in [0, 0.1) is 5.92 Å². The Morgan fingerprint density at radius 3 is 2.62 bits per heavy atom. The summed E-state index contributed by atoms with van der Waals surface area (Å²) in [4.78, 5) is 12.0. The van der Waals surface area contributed by atoms with E-state index in [-0.39, 0.29) is 18.2 Å². The molecule has 2 unspecified atom stereocenters. The maximum Gasteiger partial charge on any atom is 0.344 e. The van der Waals surface area contributed by atoms with Crippen molar-refractivity contribution in [1.29, 1.82) is 0 Å². The summed E-state index contributed by atoms with van der Waals surface area (Å²) >= 11 is 0. The van der Waals surface area contributed by atoms with Gasteiger partial charge in [-0.15, -0.1) is 0 Å². The number of esters is 1. The Morgan fingerprint density at radius 1 is 1.25 bits per heavy atom. The molecule has 2 atom stereocenters. The van der Waals surface area contributed by atoms with Crippen molar-refractivity contribution in [2.45, 2.75) is 77.7 Å². The van der Waals surface area contributed by atoms with E-state index >= 15 is 0 Å². The fraction of sp³-hybridized carbons (Fsp3) is 0.667. The van der Waals surface area contributed by atoms with Gasteiger partial charge in [0, 0.05) is 0 Å². The summed E-state index contributed by atoms with van der Waals surface area (Å²) in [5.41, 5.74) is 0.983. The van der Waals surface area contributed by atoms with E-state index in [0.29, 0.717) is 11.8 Å². The molecule has 3 nitrogen and oxygen atoms in total. The molecule has 0 heterocycles. The molecule has 134 valence electrons. The fourth-order valence-corrected chi connectivity index (χ4v) is 3.49. The second-order valence-corrected chi connectivity index (χ2v) is 7.64. The molecule has 1 aliphatic carbocycles. The minimum atomic E-state index is -0.285. The monoisotopic (exact) mass is 332 g/mol. The van der Waals surface area contributed by atoms with Gasteiger partial charge in [-0.1, -0.05) is 39.3 Å². The first kappa shape index (κ1) is 18.8. The van der Waals surface area contributed by atoms with E-state index in [0.717, 1.165) is 31.4 Å². The van der Waals surface area contributed by atoms with Crippen LogP contribution in [0.2, 0.25) is 0 Å². The lowest BCUT2D eigenvalue weighted by Crippen LogP contribution is -2.30. The van der Waals surface area contributed by atoms with E-state index in [4.69, 9.17) is 9.47 Å². The first-order valence-electron chi connectivity index (χ1n) is 9.36. The molecule has 0 spiro atoms. The van der Waals surface area contributed by atoms with Gasteiger partial charge in [0.15, 0.2) is 6.61 Å². The third-order valence-electron chi connectivity index (χ3n) is 5.26. The first-order chi connectivity index (χ1) is 11.4. The molecule has 0 aromatic heterocycles. The molecule has 0 bridgehead atoms. The summed E-state index contributed by atoms with van der Waals surface area (Å²) in [5, 5.41) is 0. The zero-order valence-corrected chi connectivity index (χ0v) is 15.6. The Kier molecular flexibility index (Phi) is 6.70. The lowest BCUT2D eigenvalue weighted by atomic mass is 9.90. The summed E-state index contributed by atoms with van der Waals surface area (Å²) in [5.74, 6) is 1.69. The van der Waals surface area contributed by atoms with Gasteiger partial charge in [-0.25, -0.2) is 4.79 Å². The van der Waals surface area contributed by atoms with Gasteiger partial charge in [0.05, 0.1) is 0 Å².